The highest BCUT2D eigenvalue weighted by Crippen LogP contribution is 2.34. The van der Waals surface area contributed by atoms with E-state index in [0.717, 1.165) is 31.7 Å². The van der Waals surface area contributed by atoms with Crippen LogP contribution in [0.1, 0.15) is 59.1 Å². The average molecular weight is 293 g/mol. The Bertz CT molecular complexity index is 404. The molecule has 0 aliphatic carbocycles. The van der Waals surface area contributed by atoms with Crippen molar-refractivity contribution in [1.82, 2.24) is 5.32 Å². The van der Waals surface area contributed by atoms with Crippen molar-refractivity contribution in [3.05, 3.63) is 29.8 Å². The Morgan fingerprint density at radius 3 is 2.43 bits per heavy atom. The largest absolute Gasteiger partial charge is 0.493 e. The summed E-state index contributed by atoms with van der Waals surface area (Å²) in [4.78, 5) is 0. The van der Waals surface area contributed by atoms with Crippen LogP contribution >= 0.6 is 0 Å². The second-order valence-electron chi connectivity index (χ2n) is 5.81. The summed E-state index contributed by atoms with van der Waals surface area (Å²) >= 11 is 0. The summed E-state index contributed by atoms with van der Waals surface area (Å²) in [6.07, 6.45) is 2.10. The molecule has 0 aromatic heterocycles. The highest BCUT2D eigenvalue weighted by molar-refractivity contribution is 5.37. The zero-order valence-corrected chi connectivity index (χ0v) is 14.2. The Hall–Kier alpha value is -1.06. The van der Waals surface area contributed by atoms with Crippen LogP contribution in [0.3, 0.4) is 0 Å². The van der Waals surface area contributed by atoms with Crippen molar-refractivity contribution in [2.75, 3.05) is 19.8 Å². The van der Waals surface area contributed by atoms with Gasteiger partial charge in [-0.2, -0.15) is 0 Å². The fourth-order valence-electron chi connectivity index (χ4n) is 2.54. The average Bonchev–Trinajstić information content (AvgIpc) is 2.46. The molecule has 0 saturated heterocycles. The van der Waals surface area contributed by atoms with Crippen LogP contribution in [0.5, 0.6) is 5.75 Å². The molecule has 3 heteroatoms. The third kappa shape index (κ3) is 5.33. The predicted molar refractivity (Wildman–Crippen MR) is 89.0 cm³/mol. The van der Waals surface area contributed by atoms with Crippen molar-refractivity contribution in [2.45, 2.75) is 59.1 Å². The van der Waals surface area contributed by atoms with Crippen molar-refractivity contribution >= 4 is 0 Å². The summed E-state index contributed by atoms with van der Waals surface area (Å²) in [7, 11) is 0. The van der Waals surface area contributed by atoms with E-state index >= 15 is 0 Å². The first kappa shape index (κ1) is 18.0. The maximum atomic E-state index is 5.98. The standard InChI is InChI=1S/C18H31NO2/c1-6-13-19-17(18(4,5)21-8-3)15-11-9-10-12-16(15)20-14-7-2/h9-12,17,19H,6-8,13-14H2,1-5H3. The van der Waals surface area contributed by atoms with Crippen molar-refractivity contribution in [2.24, 2.45) is 0 Å². The second-order valence-corrected chi connectivity index (χ2v) is 5.81. The summed E-state index contributed by atoms with van der Waals surface area (Å²) in [5.74, 6) is 0.959. The van der Waals surface area contributed by atoms with Crippen LogP contribution in [0.4, 0.5) is 0 Å². The van der Waals surface area contributed by atoms with E-state index in [9.17, 15) is 0 Å². The monoisotopic (exact) mass is 293 g/mol. The summed E-state index contributed by atoms with van der Waals surface area (Å²) in [6.45, 7) is 13.0. The number of rotatable bonds is 10. The highest BCUT2D eigenvalue weighted by Gasteiger charge is 2.32. The van der Waals surface area contributed by atoms with Crippen molar-refractivity contribution in [3.8, 4) is 5.75 Å². The minimum atomic E-state index is -0.282. The number of benzene rings is 1. The molecule has 1 rings (SSSR count). The van der Waals surface area contributed by atoms with Gasteiger partial charge in [0.25, 0.3) is 0 Å². The lowest BCUT2D eigenvalue weighted by atomic mass is 9.90. The molecule has 0 aliphatic rings. The van der Waals surface area contributed by atoms with Crippen LogP contribution in [0.2, 0.25) is 0 Å². The van der Waals surface area contributed by atoms with E-state index in [2.05, 4.69) is 45.1 Å². The molecule has 1 N–H and O–H groups in total. The van der Waals surface area contributed by atoms with E-state index in [0.29, 0.717) is 6.61 Å². The van der Waals surface area contributed by atoms with Gasteiger partial charge in [-0.1, -0.05) is 32.0 Å². The van der Waals surface area contributed by atoms with E-state index in [1.807, 2.05) is 19.1 Å². The minimum Gasteiger partial charge on any atom is -0.493 e. The molecular formula is C18H31NO2. The fourth-order valence-corrected chi connectivity index (χ4v) is 2.54. The third-order valence-electron chi connectivity index (χ3n) is 3.50. The van der Waals surface area contributed by atoms with E-state index in [1.54, 1.807) is 0 Å². The molecule has 1 atom stereocenters. The second kappa shape index (κ2) is 9.06. The number of nitrogens with one attached hydrogen (secondary N) is 1. The first-order valence-electron chi connectivity index (χ1n) is 8.15. The van der Waals surface area contributed by atoms with Crippen LogP contribution in [0.25, 0.3) is 0 Å². The van der Waals surface area contributed by atoms with Crippen LogP contribution in [0, 0.1) is 0 Å². The van der Waals surface area contributed by atoms with Gasteiger partial charge in [-0.15, -0.1) is 0 Å². The molecule has 0 heterocycles. The maximum Gasteiger partial charge on any atom is 0.124 e. The van der Waals surface area contributed by atoms with Gasteiger partial charge in [-0.25, -0.2) is 0 Å². The smallest absolute Gasteiger partial charge is 0.124 e. The van der Waals surface area contributed by atoms with Crippen LogP contribution < -0.4 is 10.1 Å². The normalized spacial score (nSPS) is 13.2. The zero-order chi connectivity index (χ0) is 15.7. The molecule has 120 valence electrons. The Balaban J connectivity index is 3.07. The third-order valence-corrected chi connectivity index (χ3v) is 3.50. The van der Waals surface area contributed by atoms with Crippen LogP contribution in [0.15, 0.2) is 24.3 Å². The van der Waals surface area contributed by atoms with E-state index in [1.165, 1.54) is 5.56 Å². The Morgan fingerprint density at radius 1 is 1.10 bits per heavy atom. The van der Waals surface area contributed by atoms with Gasteiger partial charge < -0.3 is 14.8 Å². The lowest BCUT2D eigenvalue weighted by Gasteiger charge is -2.36. The number of ether oxygens (including phenoxy) is 2. The minimum absolute atomic E-state index is 0.116. The Labute approximate surface area is 130 Å². The predicted octanol–water partition coefficient (Wildman–Crippen LogP) is 4.33. The number of hydrogen-bond acceptors (Lipinski definition) is 3. The lowest BCUT2D eigenvalue weighted by Crippen LogP contribution is -2.42. The van der Waals surface area contributed by atoms with Gasteiger partial charge in [0.05, 0.1) is 18.2 Å². The van der Waals surface area contributed by atoms with Gasteiger partial charge in [0, 0.05) is 12.2 Å². The number of hydrogen-bond donors (Lipinski definition) is 1. The van der Waals surface area contributed by atoms with Gasteiger partial charge in [0.2, 0.25) is 0 Å². The molecule has 0 amide bonds. The number of para-hydroxylation sites is 1. The molecule has 0 fully saturated rings. The summed E-state index contributed by atoms with van der Waals surface area (Å²) in [5.41, 5.74) is 0.896. The summed E-state index contributed by atoms with van der Waals surface area (Å²) in [5, 5.41) is 3.62. The van der Waals surface area contributed by atoms with Gasteiger partial charge in [0.15, 0.2) is 0 Å². The van der Waals surface area contributed by atoms with Gasteiger partial charge in [-0.3, -0.25) is 0 Å². The summed E-state index contributed by atoms with van der Waals surface area (Å²) < 4.78 is 11.9. The van der Waals surface area contributed by atoms with E-state index in [4.69, 9.17) is 9.47 Å². The quantitative estimate of drug-likeness (QED) is 0.696. The molecule has 1 aromatic carbocycles. The summed E-state index contributed by atoms with van der Waals surface area (Å²) in [6, 6.07) is 8.40. The zero-order valence-electron chi connectivity index (χ0n) is 14.2. The molecule has 0 radical (unpaired) electrons. The van der Waals surface area contributed by atoms with Crippen LogP contribution in [-0.4, -0.2) is 25.4 Å². The highest BCUT2D eigenvalue weighted by atomic mass is 16.5. The van der Waals surface area contributed by atoms with Crippen molar-refractivity contribution in [3.63, 3.8) is 0 Å². The fraction of sp³-hybridized carbons (Fsp3) is 0.667. The molecule has 0 saturated carbocycles. The van der Waals surface area contributed by atoms with Gasteiger partial charge in [0.1, 0.15) is 5.75 Å². The maximum absolute atomic E-state index is 5.98. The van der Waals surface area contributed by atoms with Gasteiger partial charge >= 0.3 is 0 Å². The van der Waals surface area contributed by atoms with Gasteiger partial charge in [-0.05, 0) is 46.2 Å². The SMILES string of the molecule is CCCNC(c1ccccc1OCCC)C(C)(C)OCC. The molecule has 0 aliphatic heterocycles. The van der Waals surface area contributed by atoms with Crippen LogP contribution in [-0.2, 0) is 4.74 Å². The molecule has 0 bridgehead atoms. The van der Waals surface area contributed by atoms with E-state index in [-0.39, 0.29) is 11.6 Å². The Morgan fingerprint density at radius 2 is 1.81 bits per heavy atom. The molecule has 21 heavy (non-hydrogen) atoms. The lowest BCUT2D eigenvalue weighted by molar-refractivity contribution is -0.0397. The van der Waals surface area contributed by atoms with Crippen molar-refractivity contribution in [1.29, 1.82) is 0 Å². The molecule has 0 spiro atoms. The molecule has 3 nitrogen and oxygen atoms in total. The first-order chi connectivity index (χ1) is 10.1. The topological polar surface area (TPSA) is 30.5 Å². The molecule has 1 unspecified atom stereocenters. The van der Waals surface area contributed by atoms with E-state index < -0.39 is 0 Å². The van der Waals surface area contributed by atoms with Crippen molar-refractivity contribution < 1.29 is 9.47 Å². The first-order valence-corrected chi connectivity index (χ1v) is 8.15. The Kier molecular flexibility index (Phi) is 7.76. The molecule has 1 aromatic rings. The molecular weight excluding hydrogens is 262 g/mol.